The van der Waals surface area contributed by atoms with Gasteiger partial charge in [0.25, 0.3) is 5.91 Å². The molecular weight excluding hydrogens is 396 g/mol. The lowest BCUT2D eigenvalue weighted by molar-refractivity contribution is -0.124. The van der Waals surface area contributed by atoms with Crippen LogP contribution in [0, 0.1) is 0 Å². The van der Waals surface area contributed by atoms with E-state index in [2.05, 4.69) is 4.72 Å². The summed E-state index contributed by atoms with van der Waals surface area (Å²) in [6, 6.07) is 14.8. The van der Waals surface area contributed by atoms with Crippen LogP contribution in [-0.4, -0.2) is 32.4 Å². The van der Waals surface area contributed by atoms with E-state index in [0.29, 0.717) is 17.7 Å². The molecule has 0 bridgehead atoms. The van der Waals surface area contributed by atoms with E-state index < -0.39 is 22.0 Å². The summed E-state index contributed by atoms with van der Waals surface area (Å²) < 4.78 is 39.1. The van der Waals surface area contributed by atoms with Gasteiger partial charge in [-0.15, -0.1) is 0 Å². The molecule has 152 valence electrons. The van der Waals surface area contributed by atoms with Crippen molar-refractivity contribution in [2.75, 3.05) is 6.79 Å². The van der Waals surface area contributed by atoms with Gasteiger partial charge in [0, 0.05) is 6.08 Å². The molecule has 0 spiro atoms. The Labute approximate surface area is 168 Å². The number of carbonyl (C=O) groups excluding carboxylic acids is 1. The molecule has 0 radical (unpaired) electrons. The molecule has 3 N–H and O–H groups in total. The second kappa shape index (κ2) is 9.37. The minimum atomic E-state index is -3.89. The first-order valence-electron chi connectivity index (χ1n) is 8.71. The van der Waals surface area contributed by atoms with Gasteiger partial charge in [0.2, 0.25) is 16.8 Å². The van der Waals surface area contributed by atoms with E-state index in [0.717, 1.165) is 11.6 Å². The summed E-state index contributed by atoms with van der Waals surface area (Å²) in [7, 11) is -3.89. The van der Waals surface area contributed by atoms with Crippen LogP contribution in [-0.2, 0) is 30.7 Å². The van der Waals surface area contributed by atoms with E-state index in [1.165, 1.54) is 30.0 Å². The van der Waals surface area contributed by atoms with E-state index in [1.54, 1.807) is 12.1 Å². The van der Waals surface area contributed by atoms with Crippen molar-refractivity contribution in [3.8, 4) is 0 Å². The number of benzene rings is 2. The zero-order valence-electron chi connectivity index (χ0n) is 15.3. The minimum Gasteiger partial charge on any atom is -0.462 e. The van der Waals surface area contributed by atoms with E-state index >= 15 is 0 Å². The number of hydrogen-bond donors (Lipinski definition) is 3. The molecule has 1 heterocycles. The summed E-state index contributed by atoms with van der Waals surface area (Å²) in [6.07, 6.45) is 4.27. The molecule has 1 aliphatic rings. The summed E-state index contributed by atoms with van der Waals surface area (Å²) in [4.78, 5) is 11.2. The number of hydroxylamine groups is 1. The first kappa shape index (κ1) is 20.6. The number of carbonyl (C=O) groups is 1. The van der Waals surface area contributed by atoms with Gasteiger partial charge in [-0.25, -0.2) is 18.6 Å². The maximum Gasteiger partial charge on any atom is 0.267 e. The van der Waals surface area contributed by atoms with Crippen molar-refractivity contribution >= 4 is 22.0 Å². The van der Waals surface area contributed by atoms with Gasteiger partial charge in [0.05, 0.1) is 10.9 Å². The van der Waals surface area contributed by atoms with Crippen LogP contribution in [0.4, 0.5) is 0 Å². The highest BCUT2D eigenvalue weighted by Gasteiger charge is 2.27. The molecule has 1 aliphatic heterocycles. The fourth-order valence-electron chi connectivity index (χ4n) is 2.73. The van der Waals surface area contributed by atoms with Crippen LogP contribution in [0.15, 0.2) is 77.6 Å². The number of nitrogens with one attached hydrogen (secondary N) is 2. The molecule has 1 unspecified atom stereocenters. The predicted molar refractivity (Wildman–Crippen MR) is 105 cm³/mol. The number of rotatable bonds is 8. The van der Waals surface area contributed by atoms with Crippen LogP contribution in [0.1, 0.15) is 11.1 Å². The molecule has 3 rings (SSSR count). The predicted octanol–water partition coefficient (Wildman–Crippen LogP) is 1.94. The number of amides is 1. The van der Waals surface area contributed by atoms with Crippen molar-refractivity contribution in [3.63, 3.8) is 0 Å². The monoisotopic (exact) mass is 416 g/mol. The summed E-state index contributed by atoms with van der Waals surface area (Å²) in [5.74, 6) is -0.322. The standard InChI is InChI=1S/C20H20N2O6S/c23-20(21-24)10-9-16-7-4-8-17(11-16)29(25,26)22-18(19-13-27-14-28-19)12-15-5-2-1-3-6-15/h1-11,13,18,22,24H,12,14H2,(H,21,23). The van der Waals surface area contributed by atoms with Gasteiger partial charge in [-0.1, -0.05) is 42.5 Å². The molecular formula is C20H20N2O6S. The van der Waals surface area contributed by atoms with E-state index in [9.17, 15) is 13.2 Å². The van der Waals surface area contributed by atoms with Crippen molar-refractivity contribution in [3.05, 3.63) is 83.8 Å². The fraction of sp³-hybridized carbons (Fsp3) is 0.150. The number of hydrogen-bond acceptors (Lipinski definition) is 6. The van der Waals surface area contributed by atoms with Gasteiger partial charge in [-0.2, -0.15) is 0 Å². The Balaban J connectivity index is 1.83. The quantitative estimate of drug-likeness (QED) is 0.344. The Morgan fingerprint density at radius 2 is 1.97 bits per heavy atom. The Bertz CT molecular complexity index is 1020. The smallest absolute Gasteiger partial charge is 0.267 e. The van der Waals surface area contributed by atoms with Gasteiger partial charge in [-0.05, 0) is 35.8 Å². The molecule has 0 fully saturated rings. The van der Waals surface area contributed by atoms with Crippen molar-refractivity contribution in [1.29, 1.82) is 0 Å². The van der Waals surface area contributed by atoms with Gasteiger partial charge < -0.3 is 9.47 Å². The largest absolute Gasteiger partial charge is 0.462 e. The Morgan fingerprint density at radius 1 is 1.17 bits per heavy atom. The van der Waals surface area contributed by atoms with Crippen molar-refractivity contribution < 1.29 is 27.9 Å². The maximum atomic E-state index is 13.0. The summed E-state index contributed by atoms with van der Waals surface area (Å²) in [5.41, 5.74) is 2.89. The summed E-state index contributed by atoms with van der Waals surface area (Å²) >= 11 is 0. The molecule has 1 amide bonds. The van der Waals surface area contributed by atoms with E-state index in [-0.39, 0.29) is 11.7 Å². The first-order valence-corrected chi connectivity index (χ1v) is 10.2. The zero-order valence-corrected chi connectivity index (χ0v) is 16.1. The highest BCUT2D eigenvalue weighted by molar-refractivity contribution is 7.89. The van der Waals surface area contributed by atoms with Crippen LogP contribution in [0.25, 0.3) is 6.08 Å². The minimum absolute atomic E-state index is 0.0293. The summed E-state index contributed by atoms with van der Waals surface area (Å²) in [6.45, 7) is 0.0373. The lowest BCUT2D eigenvalue weighted by atomic mass is 10.1. The Hall–Kier alpha value is -3.14. The molecule has 0 saturated heterocycles. The maximum absolute atomic E-state index is 13.0. The molecule has 1 atom stereocenters. The zero-order chi connectivity index (χ0) is 20.7. The van der Waals surface area contributed by atoms with E-state index in [1.807, 2.05) is 30.3 Å². The molecule has 0 saturated carbocycles. The third kappa shape index (κ3) is 5.67. The molecule has 0 aliphatic carbocycles. The molecule has 0 aromatic heterocycles. The van der Waals surface area contributed by atoms with Crippen LogP contribution < -0.4 is 10.2 Å². The Morgan fingerprint density at radius 3 is 2.66 bits per heavy atom. The third-order valence-electron chi connectivity index (χ3n) is 4.12. The number of ether oxygens (including phenoxy) is 2. The SMILES string of the molecule is O=C(C=Cc1cccc(S(=O)(=O)NC(Cc2ccccc2)C2=COCO2)c1)NO. The Kier molecular flexibility index (Phi) is 6.65. The van der Waals surface area contributed by atoms with Crippen LogP contribution >= 0.6 is 0 Å². The first-order chi connectivity index (χ1) is 14.0. The van der Waals surface area contributed by atoms with Crippen molar-refractivity contribution in [2.24, 2.45) is 0 Å². The summed E-state index contributed by atoms with van der Waals surface area (Å²) in [5, 5.41) is 8.54. The average molecular weight is 416 g/mol. The normalized spacial score (nSPS) is 14.7. The fourth-order valence-corrected chi connectivity index (χ4v) is 3.99. The molecule has 9 heteroatoms. The van der Waals surface area contributed by atoms with Gasteiger partial charge >= 0.3 is 0 Å². The topological polar surface area (TPSA) is 114 Å². The van der Waals surface area contributed by atoms with Crippen molar-refractivity contribution in [1.82, 2.24) is 10.2 Å². The average Bonchev–Trinajstić information content (AvgIpc) is 3.27. The van der Waals surface area contributed by atoms with Gasteiger partial charge in [0.15, 0.2) is 5.76 Å². The highest BCUT2D eigenvalue weighted by atomic mass is 32.2. The van der Waals surface area contributed by atoms with Crippen molar-refractivity contribution in [2.45, 2.75) is 17.4 Å². The molecule has 2 aromatic carbocycles. The highest BCUT2D eigenvalue weighted by Crippen LogP contribution is 2.20. The van der Waals surface area contributed by atoms with E-state index in [4.69, 9.17) is 14.7 Å². The lowest BCUT2D eigenvalue weighted by Crippen LogP contribution is -2.38. The number of sulfonamides is 1. The second-order valence-electron chi connectivity index (χ2n) is 6.19. The molecule has 8 nitrogen and oxygen atoms in total. The molecule has 29 heavy (non-hydrogen) atoms. The third-order valence-corrected chi connectivity index (χ3v) is 5.59. The van der Waals surface area contributed by atoms with Crippen LogP contribution in [0.3, 0.4) is 0 Å². The molecule has 2 aromatic rings. The van der Waals surface area contributed by atoms with Crippen LogP contribution in [0.5, 0.6) is 0 Å². The van der Waals surface area contributed by atoms with Crippen LogP contribution in [0.2, 0.25) is 0 Å². The second-order valence-corrected chi connectivity index (χ2v) is 7.91. The lowest BCUT2D eigenvalue weighted by Gasteiger charge is -2.19. The van der Waals surface area contributed by atoms with Gasteiger partial charge in [0.1, 0.15) is 6.26 Å². The van der Waals surface area contributed by atoms with Gasteiger partial charge in [-0.3, -0.25) is 10.0 Å².